The summed E-state index contributed by atoms with van der Waals surface area (Å²) in [6.45, 7) is 2.74. The fourth-order valence-electron chi connectivity index (χ4n) is 2.70. The summed E-state index contributed by atoms with van der Waals surface area (Å²) in [5, 5.41) is 7.82. The van der Waals surface area contributed by atoms with Crippen molar-refractivity contribution in [1.29, 1.82) is 0 Å². The van der Waals surface area contributed by atoms with Gasteiger partial charge >= 0.3 is 5.76 Å². The second kappa shape index (κ2) is 6.37. The SMILES string of the molecule is CC(NCc1cnn(-c2cccnc2)c1)c1ccc2[nH]c(=O)oc2c1. The molecule has 1 unspecified atom stereocenters. The van der Waals surface area contributed by atoms with Gasteiger partial charge in [0.25, 0.3) is 0 Å². The minimum Gasteiger partial charge on any atom is -0.408 e. The Morgan fingerprint density at radius 2 is 2.24 bits per heavy atom. The van der Waals surface area contributed by atoms with Crippen molar-refractivity contribution in [2.45, 2.75) is 19.5 Å². The fourth-order valence-corrected chi connectivity index (χ4v) is 2.70. The van der Waals surface area contributed by atoms with E-state index in [0.717, 1.165) is 16.8 Å². The van der Waals surface area contributed by atoms with Gasteiger partial charge < -0.3 is 9.73 Å². The Bertz CT molecular complexity index is 1050. The van der Waals surface area contributed by atoms with Crippen LogP contribution in [0.4, 0.5) is 0 Å². The van der Waals surface area contributed by atoms with Crippen LogP contribution in [0.1, 0.15) is 24.1 Å². The molecule has 126 valence electrons. The third kappa shape index (κ3) is 3.22. The summed E-state index contributed by atoms with van der Waals surface area (Å²) in [6.07, 6.45) is 7.32. The molecule has 0 bridgehead atoms. The number of H-pyrrole nitrogens is 1. The molecule has 1 aromatic carbocycles. The van der Waals surface area contributed by atoms with Crippen LogP contribution in [0, 0.1) is 0 Å². The van der Waals surface area contributed by atoms with Crippen LogP contribution in [0.2, 0.25) is 0 Å². The Morgan fingerprint density at radius 3 is 3.08 bits per heavy atom. The highest BCUT2D eigenvalue weighted by atomic mass is 16.4. The number of hydrogen-bond donors (Lipinski definition) is 2. The van der Waals surface area contributed by atoms with Crippen molar-refractivity contribution in [2.75, 3.05) is 0 Å². The Balaban J connectivity index is 1.45. The number of pyridine rings is 1. The number of nitrogens with zero attached hydrogens (tertiary/aromatic N) is 3. The zero-order valence-electron chi connectivity index (χ0n) is 13.6. The maximum atomic E-state index is 11.2. The third-order valence-electron chi connectivity index (χ3n) is 4.10. The quantitative estimate of drug-likeness (QED) is 0.585. The molecule has 0 saturated heterocycles. The first-order valence-electron chi connectivity index (χ1n) is 7.99. The predicted octanol–water partition coefficient (Wildman–Crippen LogP) is 2.55. The van der Waals surface area contributed by atoms with E-state index in [1.807, 2.05) is 42.7 Å². The minimum atomic E-state index is -0.435. The van der Waals surface area contributed by atoms with Gasteiger partial charge in [-0.15, -0.1) is 0 Å². The largest absolute Gasteiger partial charge is 0.417 e. The molecular weight excluding hydrogens is 318 g/mol. The van der Waals surface area contributed by atoms with Gasteiger partial charge in [0.15, 0.2) is 5.58 Å². The van der Waals surface area contributed by atoms with Gasteiger partial charge in [-0.2, -0.15) is 5.10 Å². The zero-order chi connectivity index (χ0) is 17.2. The van der Waals surface area contributed by atoms with Crippen LogP contribution in [-0.2, 0) is 6.54 Å². The van der Waals surface area contributed by atoms with Gasteiger partial charge in [0.2, 0.25) is 0 Å². The lowest BCUT2D eigenvalue weighted by Crippen LogP contribution is -2.17. The van der Waals surface area contributed by atoms with E-state index in [0.29, 0.717) is 17.6 Å². The zero-order valence-corrected chi connectivity index (χ0v) is 13.6. The van der Waals surface area contributed by atoms with Crippen LogP contribution in [0.15, 0.2) is 64.3 Å². The van der Waals surface area contributed by atoms with E-state index >= 15 is 0 Å². The summed E-state index contributed by atoms with van der Waals surface area (Å²) >= 11 is 0. The first-order valence-corrected chi connectivity index (χ1v) is 7.99. The van der Waals surface area contributed by atoms with Crippen LogP contribution >= 0.6 is 0 Å². The molecule has 7 heteroatoms. The summed E-state index contributed by atoms with van der Waals surface area (Å²) in [5.74, 6) is -0.435. The van der Waals surface area contributed by atoms with Crippen molar-refractivity contribution in [1.82, 2.24) is 25.1 Å². The Hall–Kier alpha value is -3.19. The molecule has 0 radical (unpaired) electrons. The van der Waals surface area contributed by atoms with Gasteiger partial charge in [-0.25, -0.2) is 9.48 Å². The number of oxazole rings is 1. The van der Waals surface area contributed by atoms with Crippen LogP contribution in [0.5, 0.6) is 0 Å². The Labute approximate surface area is 143 Å². The molecule has 4 rings (SSSR count). The standard InChI is InChI=1S/C18H17N5O2/c1-12(14-4-5-16-17(7-14)25-18(24)22-16)20-8-13-9-21-23(11-13)15-3-2-6-19-10-15/h2-7,9-12,20H,8H2,1H3,(H,22,24). The number of hydrogen-bond acceptors (Lipinski definition) is 5. The first kappa shape index (κ1) is 15.3. The summed E-state index contributed by atoms with van der Waals surface area (Å²) in [7, 11) is 0. The van der Waals surface area contributed by atoms with Crippen molar-refractivity contribution < 1.29 is 4.42 Å². The smallest absolute Gasteiger partial charge is 0.408 e. The topological polar surface area (TPSA) is 88.7 Å². The lowest BCUT2D eigenvalue weighted by molar-refractivity contribution is 0.550. The highest BCUT2D eigenvalue weighted by Gasteiger charge is 2.09. The van der Waals surface area contributed by atoms with Crippen molar-refractivity contribution in [3.8, 4) is 5.69 Å². The van der Waals surface area contributed by atoms with E-state index in [9.17, 15) is 4.79 Å². The molecule has 0 aliphatic heterocycles. The van der Waals surface area contributed by atoms with E-state index in [4.69, 9.17) is 4.42 Å². The van der Waals surface area contributed by atoms with Crippen LogP contribution in [0.25, 0.3) is 16.8 Å². The van der Waals surface area contributed by atoms with E-state index in [1.165, 1.54) is 0 Å². The highest BCUT2D eigenvalue weighted by Crippen LogP contribution is 2.18. The van der Waals surface area contributed by atoms with Crippen molar-refractivity contribution in [3.63, 3.8) is 0 Å². The molecule has 3 heterocycles. The summed E-state index contributed by atoms with van der Waals surface area (Å²) < 4.78 is 6.92. The molecule has 25 heavy (non-hydrogen) atoms. The second-order valence-corrected chi connectivity index (χ2v) is 5.88. The van der Waals surface area contributed by atoms with E-state index in [-0.39, 0.29) is 6.04 Å². The summed E-state index contributed by atoms with van der Waals surface area (Å²) in [4.78, 5) is 18.0. The molecule has 0 spiro atoms. The molecule has 4 aromatic rings. The van der Waals surface area contributed by atoms with E-state index in [2.05, 4.69) is 27.3 Å². The average molecular weight is 335 g/mol. The molecule has 0 aliphatic rings. The van der Waals surface area contributed by atoms with Crippen LogP contribution in [0.3, 0.4) is 0 Å². The molecule has 3 aromatic heterocycles. The molecule has 7 nitrogen and oxygen atoms in total. The maximum Gasteiger partial charge on any atom is 0.417 e. The van der Waals surface area contributed by atoms with Gasteiger partial charge in [-0.05, 0) is 36.8 Å². The van der Waals surface area contributed by atoms with Gasteiger partial charge in [0.1, 0.15) is 0 Å². The first-order chi connectivity index (χ1) is 12.2. The molecular formula is C18H17N5O2. The highest BCUT2D eigenvalue weighted by molar-refractivity contribution is 5.72. The number of nitrogens with one attached hydrogen (secondary N) is 2. The molecule has 0 saturated carbocycles. The molecule has 0 amide bonds. The number of aromatic nitrogens is 4. The number of aromatic amines is 1. The van der Waals surface area contributed by atoms with Crippen LogP contribution in [-0.4, -0.2) is 19.7 Å². The summed E-state index contributed by atoms with van der Waals surface area (Å²) in [5.41, 5.74) is 4.33. The number of rotatable bonds is 5. The monoisotopic (exact) mass is 335 g/mol. The van der Waals surface area contributed by atoms with E-state index in [1.54, 1.807) is 17.1 Å². The van der Waals surface area contributed by atoms with Crippen molar-refractivity contribution in [2.24, 2.45) is 0 Å². The lowest BCUT2D eigenvalue weighted by atomic mass is 10.1. The lowest BCUT2D eigenvalue weighted by Gasteiger charge is -2.13. The fraction of sp³-hybridized carbons (Fsp3) is 0.167. The normalized spacial score (nSPS) is 12.5. The van der Waals surface area contributed by atoms with Gasteiger partial charge in [0, 0.05) is 30.5 Å². The maximum absolute atomic E-state index is 11.2. The van der Waals surface area contributed by atoms with E-state index < -0.39 is 5.76 Å². The number of fused-ring (bicyclic) bond motifs is 1. The van der Waals surface area contributed by atoms with Gasteiger partial charge in [0.05, 0.1) is 23.6 Å². The molecule has 1 atom stereocenters. The summed E-state index contributed by atoms with van der Waals surface area (Å²) in [6, 6.07) is 9.65. The van der Waals surface area contributed by atoms with Crippen LogP contribution < -0.4 is 11.1 Å². The number of benzene rings is 1. The predicted molar refractivity (Wildman–Crippen MR) is 93.4 cm³/mol. The second-order valence-electron chi connectivity index (χ2n) is 5.88. The minimum absolute atomic E-state index is 0.103. The third-order valence-corrected chi connectivity index (χ3v) is 4.10. The molecule has 0 aliphatic carbocycles. The average Bonchev–Trinajstić information content (AvgIpc) is 3.25. The van der Waals surface area contributed by atoms with Crippen molar-refractivity contribution >= 4 is 11.1 Å². The molecule has 2 N–H and O–H groups in total. The Morgan fingerprint density at radius 1 is 1.32 bits per heavy atom. The molecule has 0 fully saturated rings. The van der Waals surface area contributed by atoms with Crippen molar-refractivity contribution in [3.05, 3.63) is 76.8 Å². The van der Waals surface area contributed by atoms with Gasteiger partial charge in [-0.1, -0.05) is 6.07 Å². The Kier molecular flexibility index (Phi) is 3.91. The van der Waals surface area contributed by atoms with Gasteiger partial charge in [-0.3, -0.25) is 9.97 Å².